The average Bonchev–Trinajstić information content (AvgIpc) is 3.19. The first-order valence-corrected chi connectivity index (χ1v) is 12.9. The van der Waals surface area contributed by atoms with Gasteiger partial charge < -0.3 is 9.47 Å². The lowest BCUT2D eigenvalue weighted by Gasteiger charge is -2.24. The number of hydrogen-bond acceptors (Lipinski definition) is 3. The van der Waals surface area contributed by atoms with E-state index in [-0.39, 0.29) is 45.0 Å². The standard InChI is InChI=1S/C30H27F8NO3/c1-15(2)22-11-23(26(41-4)12-25(22)32)21-6-5-19(29(33,34)35)10-24(21)27-16(3)39(28(40)42-27)14-18-7-17(13-31)8-20(9-18)30(36,37)38/h5-12,15-16,27H,13-14H2,1-4H3/t16-,27+/m1/s1. The van der Waals surface area contributed by atoms with E-state index in [9.17, 15) is 39.9 Å². The normalized spacial score (nSPS) is 17.6. The van der Waals surface area contributed by atoms with E-state index < -0.39 is 60.8 Å². The van der Waals surface area contributed by atoms with Crippen molar-refractivity contribution < 1.29 is 49.4 Å². The molecule has 0 bridgehead atoms. The van der Waals surface area contributed by atoms with Crippen LogP contribution in [0.5, 0.6) is 5.75 Å². The van der Waals surface area contributed by atoms with Crippen molar-refractivity contribution in [3.63, 3.8) is 0 Å². The van der Waals surface area contributed by atoms with Gasteiger partial charge in [0, 0.05) is 23.7 Å². The molecule has 1 fully saturated rings. The Morgan fingerprint density at radius 1 is 0.905 bits per heavy atom. The van der Waals surface area contributed by atoms with Crippen LogP contribution in [0.4, 0.5) is 39.9 Å². The Morgan fingerprint density at radius 2 is 1.55 bits per heavy atom. The molecular formula is C30H27F8NO3. The highest BCUT2D eigenvalue weighted by molar-refractivity contribution is 5.77. The highest BCUT2D eigenvalue weighted by atomic mass is 19.4. The number of methoxy groups -OCH3 is 1. The summed E-state index contributed by atoms with van der Waals surface area (Å²) in [5, 5.41) is 0. The summed E-state index contributed by atoms with van der Waals surface area (Å²) in [6, 6.07) is 7.10. The molecule has 2 atom stereocenters. The summed E-state index contributed by atoms with van der Waals surface area (Å²) in [7, 11) is 1.28. The molecule has 0 aliphatic carbocycles. The Kier molecular flexibility index (Phi) is 8.48. The van der Waals surface area contributed by atoms with Crippen molar-refractivity contribution in [2.24, 2.45) is 0 Å². The number of hydrogen-bond donors (Lipinski definition) is 0. The Labute approximate surface area is 236 Å². The molecule has 4 nitrogen and oxygen atoms in total. The van der Waals surface area contributed by atoms with Gasteiger partial charge in [0.1, 0.15) is 24.3 Å². The number of carbonyl (C=O) groups is 1. The summed E-state index contributed by atoms with van der Waals surface area (Å²) in [4.78, 5) is 14.0. The molecule has 1 saturated heterocycles. The molecule has 0 spiro atoms. The predicted molar refractivity (Wildman–Crippen MR) is 138 cm³/mol. The van der Waals surface area contributed by atoms with E-state index in [1.54, 1.807) is 13.8 Å². The number of ether oxygens (including phenoxy) is 2. The minimum atomic E-state index is -4.77. The summed E-state index contributed by atoms with van der Waals surface area (Å²) in [5.74, 6) is -0.818. The maximum absolute atomic E-state index is 14.7. The zero-order chi connectivity index (χ0) is 31.1. The minimum Gasteiger partial charge on any atom is -0.496 e. The van der Waals surface area contributed by atoms with Gasteiger partial charge in [-0.15, -0.1) is 0 Å². The van der Waals surface area contributed by atoms with Crippen LogP contribution in [0.3, 0.4) is 0 Å². The van der Waals surface area contributed by atoms with E-state index in [1.807, 2.05) is 0 Å². The lowest BCUT2D eigenvalue weighted by atomic mass is 9.89. The zero-order valence-corrected chi connectivity index (χ0v) is 23.0. The summed E-state index contributed by atoms with van der Waals surface area (Å²) in [5.41, 5.74) is -1.74. The summed E-state index contributed by atoms with van der Waals surface area (Å²) in [6.45, 7) is 3.36. The molecule has 0 N–H and O–H groups in total. The fourth-order valence-corrected chi connectivity index (χ4v) is 5.04. The topological polar surface area (TPSA) is 38.8 Å². The molecule has 1 heterocycles. The third kappa shape index (κ3) is 6.17. The molecule has 3 aromatic rings. The van der Waals surface area contributed by atoms with Crippen LogP contribution in [0.1, 0.15) is 66.2 Å². The second-order valence-electron chi connectivity index (χ2n) is 10.4. The molecule has 4 rings (SSSR count). The Balaban J connectivity index is 1.82. The molecule has 42 heavy (non-hydrogen) atoms. The number of alkyl halides is 7. The number of cyclic esters (lactones) is 1. The number of amides is 1. The maximum Gasteiger partial charge on any atom is 0.416 e. The van der Waals surface area contributed by atoms with Gasteiger partial charge in [0.25, 0.3) is 0 Å². The fourth-order valence-electron chi connectivity index (χ4n) is 5.04. The molecule has 1 aliphatic rings. The van der Waals surface area contributed by atoms with Gasteiger partial charge in [-0.3, -0.25) is 4.90 Å². The molecule has 3 aromatic carbocycles. The summed E-state index contributed by atoms with van der Waals surface area (Å²) in [6.07, 6.45) is -11.8. The third-order valence-electron chi connectivity index (χ3n) is 7.20. The van der Waals surface area contributed by atoms with Gasteiger partial charge in [0.05, 0.1) is 24.3 Å². The van der Waals surface area contributed by atoms with Crippen molar-refractivity contribution in [2.45, 2.75) is 64.4 Å². The van der Waals surface area contributed by atoms with Gasteiger partial charge in [-0.1, -0.05) is 26.0 Å². The highest BCUT2D eigenvalue weighted by Crippen LogP contribution is 2.45. The van der Waals surface area contributed by atoms with Gasteiger partial charge >= 0.3 is 18.4 Å². The lowest BCUT2D eigenvalue weighted by Crippen LogP contribution is -2.31. The quantitative estimate of drug-likeness (QED) is 0.254. The fraction of sp³-hybridized carbons (Fsp3) is 0.367. The van der Waals surface area contributed by atoms with Crippen LogP contribution in [-0.4, -0.2) is 24.1 Å². The second kappa shape index (κ2) is 11.4. The summed E-state index contributed by atoms with van der Waals surface area (Å²) < 4.78 is 120. The monoisotopic (exact) mass is 601 g/mol. The number of halogens is 8. The molecule has 1 amide bonds. The van der Waals surface area contributed by atoms with E-state index in [0.717, 1.165) is 29.2 Å². The lowest BCUT2D eigenvalue weighted by molar-refractivity contribution is -0.138. The van der Waals surface area contributed by atoms with Crippen molar-refractivity contribution >= 4 is 6.09 Å². The van der Waals surface area contributed by atoms with E-state index in [0.29, 0.717) is 6.07 Å². The van der Waals surface area contributed by atoms with Crippen molar-refractivity contribution in [1.82, 2.24) is 4.90 Å². The summed E-state index contributed by atoms with van der Waals surface area (Å²) >= 11 is 0. The largest absolute Gasteiger partial charge is 0.496 e. The van der Waals surface area contributed by atoms with Crippen LogP contribution in [0.2, 0.25) is 0 Å². The maximum atomic E-state index is 14.7. The third-order valence-corrected chi connectivity index (χ3v) is 7.20. The Bertz CT molecular complexity index is 1480. The molecule has 226 valence electrons. The first-order valence-electron chi connectivity index (χ1n) is 12.9. The number of benzene rings is 3. The molecule has 0 radical (unpaired) electrons. The minimum absolute atomic E-state index is 0.0343. The van der Waals surface area contributed by atoms with Gasteiger partial charge in [-0.25, -0.2) is 13.6 Å². The first kappa shape index (κ1) is 31.1. The first-order chi connectivity index (χ1) is 19.5. The molecule has 12 heteroatoms. The Morgan fingerprint density at radius 3 is 2.12 bits per heavy atom. The number of carbonyl (C=O) groups excluding carboxylic acids is 1. The van der Waals surface area contributed by atoms with Crippen LogP contribution in [0, 0.1) is 5.82 Å². The van der Waals surface area contributed by atoms with Crippen LogP contribution in [0.25, 0.3) is 11.1 Å². The zero-order valence-electron chi connectivity index (χ0n) is 23.0. The van der Waals surface area contributed by atoms with Gasteiger partial charge in [0.15, 0.2) is 0 Å². The Hall–Kier alpha value is -3.83. The van der Waals surface area contributed by atoms with Gasteiger partial charge in [0.2, 0.25) is 0 Å². The van der Waals surface area contributed by atoms with Gasteiger partial charge in [-0.2, -0.15) is 26.3 Å². The van der Waals surface area contributed by atoms with Crippen molar-refractivity contribution in [3.8, 4) is 16.9 Å². The van der Waals surface area contributed by atoms with Crippen molar-refractivity contribution in [3.05, 3.63) is 87.7 Å². The second-order valence-corrected chi connectivity index (χ2v) is 10.4. The smallest absolute Gasteiger partial charge is 0.416 e. The SMILES string of the molecule is COc1cc(F)c(C(C)C)cc1-c1ccc(C(F)(F)F)cc1[C@H]1OC(=O)N(Cc2cc(CF)cc(C(F)(F)F)c2)[C@@H]1C. The number of rotatable bonds is 7. The van der Waals surface area contributed by atoms with E-state index in [2.05, 4.69) is 0 Å². The molecular weight excluding hydrogens is 574 g/mol. The van der Waals surface area contributed by atoms with Crippen LogP contribution in [0.15, 0.2) is 48.5 Å². The van der Waals surface area contributed by atoms with Gasteiger partial charge in [-0.05, 0) is 65.4 Å². The van der Waals surface area contributed by atoms with E-state index in [4.69, 9.17) is 9.47 Å². The molecule has 1 aliphatic heterocycles. The average molecular weight is 602 g/mol. The molecule has 0 saturated carbocycles. The van der Waals surface area contributed by atoms with Crippen molar-refractivity contribution in [1.29, 1.82) is 0 Å². The van der Waals surface area contributed by atoms with E-state index >= 15 is 0 Å². The van der Waals surface area contributed by atoms with Crippen molar-refractivity contribution in [2.75, 3.05) is 7.11 Å². The van der Waals surface area contributed by atoms with Crippen LogP contribution >= 0.6 is 0 Å². The molecule has 0 unspecified atom stereocenters. The molecule has 0 aromatic heterocycles. The highest BCUT2D eigenvalue weighted by Gasteiger charge is 2.43. The van der Waals surface area contributed by atoms with E-state index in [1.165, 1.54) is 32.2 Å². The van der Waals surface area contributed by atoms with Crippen LogP contribution < -0.4 is 4.74 Å². The number of nitrogens with zero attached hydrogens (tertiary/aromatic N) is 1. The van der Waals surface area contributed by atoms with Crippen LogP contribution in [-0.2, 0) is 30.3 Å². The predicted octanol–water partition coefficient (Wildman–Crippen LogP) is 9.21.